The van der Waals surface area contributed by atoms with Gasteiger partial charge in [-0.3, -0.25) is 9.59 Å². The first kappa shape index (κ1) is 13.6. The second kappa shape index (κ2) is 5.54. The van der Waals surface area contributed by atoms with Crippen LogP contribution in [0.4, 0.5) is 0 Å². The van der Waals surface area contributed by atoms with Gasteiger partial charge in [0.25, 0.3) is 5.91 Å². The average molecular weight is 299 g/mol. The monoisotopic (exact) mass is 299 g/mol. The van der Waals surface area contributed by atoms with Gasteiger partial charge < -0.3 is 9.73 Å². The number of hydrogen-bond acceptors (Lipinski definition) is 4. The Hall–Kier alpha value is -2.40. The highest BCUT2D eigenvalue weighted by atomic mass is 32.1. The lowest BCUT2D eigenvalue weighted by atomic mass is 10.2. The second-order valence-electron chi connectivity index (χ2n) is 4.68. The maximum atomic E-state index is 12.1. The zero-order chi connectivity index (χ0) is 14.8. The summed E-state index contributed by atoms with van der Waals surface area (Å²) < 4.78 is 5.50. The highest BCUT2D eigenvalue weighted by Crippen LogP contribution is 2.15. The lowest BCUT2D eigenvalue weighted by Gasteiger charge is -2.05. The van der Waals surface area contributed by atoms with Crippen molar-refractivity contribution in [3.05, 3.63) is 68.2 Å². The van der Waals surface area contributed by atoms with Crippen molar-refractivity contribution in [1.82, 2.24) is 5.32 Å². The molecule has 2 heterocycles. The highest BCUT2D eigenvalue weighted by molar-refractivity contribution is 7.10. The van der Waals surface area contributed by atoms with E-state index in [0.717, 1.165) is 10.4 Å². The second-order valence-corrected chi connectivity index (χ2v) is 5.68. The number of carbonyl (C=O) groups excluding carboxylic acids is 1. The van der Waals surface area contributed by atoms with E-state index in [9.17, 15) is 9.59 Å². The van der Waals surface area contributed by atoms with Crippen molar-refractivity contribution in [2.45, 2.75) is 13.5 Å². The average Bonchev–Trinajstić information content (AvgIpc) is 2.90. The van der Waals surface area contributed by atoms with Crippen LogP contribution in [0.1, 0.15) is 21.0 Å². The number of thiophene rings is 1. The van der Waals surface area contributed by atoms with Gasteiger partial charge in [-0.05, 0) is 36.1 Å². The van der Waals surface area contributed by atoms with Crippen LogP contribution in [0.15, 0.2) is 51.0 Å². The summed E-state index contributed by atoms with van der Waals surface area (Å²) in [7, 11) is 0. The van der Waals surface area contributed by atoms with E-state index in [2.05, 4.69) is 5.32 Å². The minimum absolute atomic E-state index is 0.0351. The van der Waals surface area contributed by atoms with E-state index in [-0.39, 0.29) is 17.1 Å². The van der Waals surface area contributed by atoms with Crippen LogP contribution in [0.3, 0.4) is 0 Å². The maximum absolute atomic E-state index is 12.1. The lowest BCUT2D eigenvalue weighted by molar-refractivity contribution is 0.0924. The molecule has 0 aliphatic rings. The summed E-state index contributed by atoms with van der Waals surface area (Å²) in [6.45, 7) is 2.42. The fraction of sp³-hybridized carbons (Fsp3) is 0.125. The molecule has 0 spiro atoms. The maximum Gasteiger partial charge on any atom is 0.287 e. The van der Waals surface area contributed by atoms with E-state index in [1.807, 2.05) is 18.4 Å². The van der Waals surface area contributed by atoms with E-state index in [1.54, 1.807) is 35.6 Å². The van der Waals surface area contributed by atoms with Gasteiger partial charge in [0.2, 0.25) is 0 Å². The molecule has 1 amide bonds. The summed E-state index contributed by atoms with van der Waals surface area (Å²) in [4.78, 5) is 25.2. The number of fused-ring (bicyclic) bond motifs is 1. The summed E-state index contributed by atoms with van der Waals surface area (Å²) in [5, 5.41) is 5.23. The third-order valence-corrected chi connectivity index (χ3v) is 4.26. The van der Waals surface area contributed by atoms with Gasteiger partial charge in [0.1, 0.15) is 5.58 Å². The predicted molar refractivity (Wildman–Crippen MR) is 82.7 cm³/mol. The number of para-hydroxylation sites is 1. The van der Waals surface area contributed by atoms with Crippen LogP contribution in [-0.2, 0) is 6.54 Å². The molecule has 0 saturated heterocycles. The molecule has 21 heavy (non-hydrogen) atoms. The minimum atomic E-state index is -0.384. The van der Waals surface area contributed by atoms with Crippen LogP contribution >= 0.6 is 11.3 Å². The molecule has 1 aromatic carbocycles. The third kappa shape index (κ3) is 2.73. The van der Waals surface area contributed by atoms with Crippen LogP contribution < -0.4 is 10.7 Å². The summed E-state index contributed by atoms with van der Waals surface area (Å²) in [6, 6.07) is 10.1. The molecule has 3 aromatic rings. The zero-order valence-electron chi connectivity index (χ0n) is 11.4. The predicted octanol–water partition coefficient (Wildman–Crippen LogP) is 3.09. The first-order chi connectivity index (χ1) is 10.1. The summed E-state index contributed by atoms with van der Waals surface area (Å²) >= 11 is 1.59. The van der Waals surface area contributed by atoms with Crippen molar-refractivity contribution in [1.29, 1.82) is 0 Å². The van der Waals surface area contributed by atoms with Crippen molar-refractivity contribution in [3.63, 3.8) is 0 Å². The van der Waals surface area contributed by atoms with Crippen LogP contribution in [0.5, 0.6) is 0 Å². The Bertz CT molecular complexity index is 863. The Morgan fingerprint density at radius 2 is 2.10 bits per heavy atom. The molecule has 2 aromatic heterocycles. The minimum Gasteiger partial charge on any atom is -0.451 e. The van der Waals surface area contributed by atoms with Gasteiger partial charge in [0.05, 0.1) is 11.9 Å². The van der Waals surface area contributed by atoms with Crippen molar-refractivity contribution >= 4 is 28.2 Å². The molecule has 5 heteroatoms. The Morgan fingerprint density at radius 1 is 1.29 bits per heavy atom. The smallest absolute Gasteiger partial charge is 0.287 e. The molecule has 0 aliphatic carbocycles. The molecule has 4 nitrogen and oxygen atoms in total. The molecule has 0 radical (unpaired) electrons. The third-order valence-electron chi connectivity index (χ3n) is 3.24. The van der Waals surface area contributed by atoms with Crippen molar-refractivity contribution in [2.75, 3.05) is 0 Å². The molecule has 1 N–H and O–H groups in total. The molecular formula is C16H13NO3S. The Kier molecular flexibility index (Phi) is 3.58. The zero-order valence-corrected chi connectivity index (χ0v) is 12.2. The van der Waals surface area contributed by atoms with Gasteiger partial charge in [0.15, 0.2) is 11.2 Å². The van der Waals surface area contributed by atoms with E-state index in [0.29, 0.717) is 17.5 Å². The van der Waals surface area contributed by atoms with Gasteiger partial charge in [0, 0.05) is 10.9 Å². The Labute approximate surface area is 125 Å². The molecule has 0 aliphatic heterocycles. The Morgan fingerprint density at radius 3 is 2.86 bits per heavy atom. The summed E-state index contributed by atoms with van der Waals surface area (Å²) in [5.74, 6) is -0.349. The molecule has 0 fully saturated rings. The molecule has 0 saturated carbocycles. The first-order valence-corrected chi connectivity index (χ1v) is 7.37. The Balaban J connectivity index is 1.85. The molecule has 0 unspecified atom stereocenters. The van der Waals surface area contributed by atoms with E-state index < -0.39 is 0 Å². The number of rotatable bonds is 3. The number of carbonyl (C=O) groups is 1. The molecule has 0 bridgehead atoms. The van der Waals surface area contributed by atoms with E-state index in [1.165, 1.54) is 6.07 Å². The highest BCUT2D eigenvalue weighted by Gasteiger charge is 2.12. The normalized spacial score (nSPS) is 10.7. The fourth-order valence-corrected chi connectivity index (χ4v) is 2.89. The number of aryl methyl sites for hydroxylation is 1. The van der Waals surface area contributed by atoms with Gasteiger partial charge in [-0.2, -0.15) is 0 Å². The number of nitrogens with one attached hydrogen (secondary N) is 1. The van der Waals surface area contributed by atoms with Crippen LogP contribution in [-0.4, -0.2) is 5.91 Å². The molecule has 0 atom stereocenters. The van der Waals surface area contributed by atoms with Gasteiger partial charge in [-0.15, -0.1) is 11.3 Å². The molecular weight excluding hydrogens is 286 g/mol. The van der Waals surface area contributed by atoms with Crippen LogP contribution in [0.2, 0.25) is 0 Å². The fourth-order valence-electron chi connectivity index (χ4n) is 2.05. The molecule has 106 valence electrons. The van der Waals surface area contributed by atoms with Gasteiger partial charge in [-0.25, -0.2) is 0 Å². The number of benzene rings is 1. The van der Waals surface area contributed by atoms with E-state index >= 15 is 0 Å². The lowest BCUT2D eigenvalue weighted by Crippen LogP contribution is -2.23. The van der Waals surface area contributed by atoms with Crippen LogP contribution in [0, 0.1) is 6.92 Å². The first-order valence-electron chi connectivity index (χ1n) is 6.49. The molecule has 3 rings (SSSR count). The number of amides is 1. The van der Waals surface area contributed by atoms with Crippen molar-refractivity contribution in [3.8, 4) is 0 Å². The SMILES string of the molecule is Cc1ccsc1CNC(=O)c1cc(=O)c2ccccc2o1. The van der Waals surface area contributed by atoms with E-state index in [4.69, 9.17) is 4.42 Å². The number of hydrogen-bond donors (Lipinski definition) is 1. The van der Waals surface area contributed by atoms with Gasteiger partial charge in [-0.1, -0.05) is 12.1 Å². The van der Waals surface area contributed by atoms with Crippen molar-refractivity contribution in [2.24, 2.45) is 0 Å². The summed E-state index contributed by atoms with van der Waals surface area (Å²) in [6.07, 6.45) is 0. The van der Waals surface area contributed by atoms with Gasteiger partial charge >= 0.3 is 0 Å². The topological polar surface area (TPSA) is 59.3 Å². The van der Waals surface area contributed by atoms with Crippen LogP contribution in [0.25, 0.3) is 11.0 Å². The quantitative estimate of drug-likeness (QED) is 0.808. The van der Waals surface area contributed by atoms with Crippen molar-refractivity contribution < 1.29 is 9.21 Å². The standard InChI is InChI=1S/C16H13NO3S/c1-10-6-7-21-15(10)9-17-16(19)14-8-12(18)11-4-2-3-5-13(11)20-14/h2-8H,9H2,1H3,(H,17,19). The largest absolute Gasteiger partial charge is 0.451 e. The summed E-state index contributed by atoms with van der Waals surface area (Å²) in [5.41, 5.74) is 1.34.